The van der Waals surface area contributed by atoms with Crippen molar-refractivity contribution in [3.05, 3.63) is 24.3 Å². The number of nitrogens with zero attached hydrogens (tertiary/aromatic N) is 1. The van der Waals surface area contributed by atoms with E-state index >= 15 is 0 Å². The highest BCUT2D eigenvalue weighted by Gasteiger charge is 2.28. The standard InChI is InChI=1S/C13H19N3O3S.ClH/c1-10(14)8-13(17)15-11-4-2-5-12(9-11)16-6-3-7-20(16,18)19;/h2,4-5,9-10H,3,6-8,14H2,1H3,(H,15,17);1H. The van der Waals surface area contributed by atoms with Crippen LogP contribution in [0.5, 0.6) is 0 Å². The van der Waals surface area contributed by atoms with E-state index in [9.17, 15) is 13.2 Å². The third-order valence-corrected chi connectivity index (χ3v) is 4.89. The van der Waals surface area contributed by atoms with Gasteiger partial charge in [-0.25, -0.2) is 8.42 Å². The Hall–Kier alpha value is -1.31. The molecule has 1 heterocycles. The lowest BCUT2D eigenvalue weighted by molar-refractivity contribution is -0.116. The summed E-state index contributed by atoms with van der Waals surface area (Å²) in [6, 6.07) is 6.64. The van der Waals surface area contributed by atoms with Crippen LogP contribution < -0.4 is 15.4 Å². The summed E-state index contributed by atoms with van der Waals surface area (Å²) in [5, 5.41) is 2.72. The van der Waals surface area contributed by atoms with Crippen molar-refractivity contribution in [2.45, 2.75) is 25.8 Å². The van der Waals surface area contributed by atoms with Crippen molar-refractivity contribution < 1.29 is 13.2 Å². The molecular weight excluding hydrogens is 314 g/mol. The molecule has 0 aliphatic carbocycles. The van der Waals surface area contributed by atoms with Gasteiger partial charge in [0.05, 0.1) is 11.4 Å². The lowest BCUT2D eigenvalue weighted by Gasteiger charge is -2.18. The van der Waals surface area contributed by atoms with Crippen LogP contribution >= 0.6 is 12.4 Å². The molecule has 118 valence electrons. The SMILES string of the molecule is CC(N)CC(=O)Nc1cccc(N2CCCS2(=O)=O)c1.Cl. The predicted octanol–water partition coefficient (Wildman–Crippen LogP) is 1.32. The lowest BCUT2D eigenvalue weighted by Crippen LogP contribution is -2.26. The van der Waals surface area contributed by atoms with E-state index in [1.165, 1.54) is 4.31 Å². The van der Waals surface area contributed by atoms with Gasteiger partial charge in [-0.3, -0.25) is 9.10 Å². The Kier molecular flexibility index (Phi) is 6.00. The zero-order chi connectivity index (χ0) is 14.8. The van der Waals surface area contributed by atoms with E-state index in [1.807, 2.05) is 0 Å². The monoisotopic (exact) mass is 333 g/mol. The molecule has 0 spiro atoms. The molecule has 1 fully saturated rings. The normalized spacial score (nSPS) is 17.9. The van der Waals surface area contributed by atoms with Crippen LogP contribution in [0.3, 0.4) is 0 Å². The number of sulfonamides is 1. The van der Waals surface area contributed by atoms with E-state index in [1.54, 1.807) is 31.2 Å². The highest BCUT2D eigenvalue weighted by atomic mass is 35.5. The van der Waals surface area contributed by atoms with E-state index in [0.29, 0.717) is 24.3 Å². The summed E-state index contributed by atoms with van der Waals surface area (Å²) in [7, 11) is -3.20. The maximum absolute atomic E-state index is 11.9. The average Bonchev–Trinajstić information content (AvgIpc) is 2.68. The Morgan fingerprint density at radius 2 is 2.19 bits per heavy atom. The summed E-state index contributed by atoms with van der Waals surface area (Å²) in [6.45, 7) is 2.24. The van der Waals surface area contributed by atoms with Crippen LogP contribution in [0, 0.1) is 0 Å². The van der Waals surface area contributed by atoms with Crippen LogP contribution in [0.4, 0.5) is 11.4 Å². The topological polar surface area (TPSA) is 92.5 Å². The Bertz CT molecular complexity index is 604. The van der Waals surface area contributed by atoms with Crippen molar-refractivity contribution >= 4 is 39.7 Å². The molecule has 8 heteroatoms. The predicted molar refractivity (Wildman–Crippen MR) is 86.3 cm³/mol. The molecule has 1 atom stereocenters. The fourth-order valence-corrected chi connectivity index (χ4v) is 3.73. The van der Waals surface area contributed by atoms with E-state index in [-0.39, 0.29) is 36.5 Å². The minimum atomic E-state index is -3.20. The number of halogens is 1. The molecule has 1 unspecified atom stereocenters. The van der Waals surface area contributed by atoms with Crippen molar-refractivity contribution in [3.63, 3.8) is 0 Å². The third-order valence-electron chi connectivity index (χ3n) is 3.02. The first kappa shape index (κ1) is 17.7. The number of benzene rings is 1. The second-order valence-corrected chi connectivity index (χ2v) is 7.03. The van der Waals surface area contributed by atoms with Crippen LogP contribution in [0.1, 0.15) is 19.8 Å². The van der Waals surface area contributed by atoms with Gasteiger partial charge in [0.15, 0.2) is 0 Å². The highest BCUT2D eigenvalue weighted by Crippen LogP contribution is 2.26. The Morgan fingerprint density at radius 3 is 2.76 bits per heavy atom. The van der Waals surface area contributed by atoms with Crippen LogP contribution in [0.25, 0.3) is 0 Å². The number of anilines is 2. The van der Waals surface area contributed by atoms with Gasteiger partial charge in [-0.1, -0.05) is 6.07 Å². The van der Waals surface area contributed by atoms with Crippen molar-refractivity contribution in [2.24, 2.45) is 5.73 Å². The molecule has 21 heavy (non-hydrogen) atoms. The fourth-order valence-electron chi connectivity index (χ4n) is 2.17. The molecule has 6 nitrogen and oxygen atoms in total. The van der Waals surface area contributed by atoms with Gasteiger partial charge in [0, 0.05) is 24.7 Å². The van der Waals surface area contributed by atoms with E-state index < -0.39 is 10.0 Å². The van der Waals surface area contributed by atoms with Gasteiger partial charge < -0.3 is 11.1 Å². The maximum atomic E-state index is 11.9. The summed E-state index contributed by atoms with van der Waals surface area (Å²) in [5.41, 5.74) is 6.73. The van der Waals surface area contributed by atoms with Gasteiger partial charge >= 0.3 is 0 Å². The van der Waals surface area contributed by atoms with Crippen LogP contribution in [-0.2, 0) is 14.8 Å². The van der Waals surface area contributed by atoms with Crippen molar-refractivity contribution in [3.8, 4) is 0 Å². The van der Waals surface area contributed by atoms with Crippen molar-refractivity contribution in [2.75, 3.05) is 21.9 Å². The zero-order valence-corrected chi connectivity index (χ0v) is 13.4. The Morgan fingerprint density at radius 1 is 1.48 bits per heavy atom. The quantitative estimate of drug-likeness (QED) is 0.869. The number of carbonyl (C=O) groups excluding carboxylic acids is 1. The van der Waals surface area contributed by atoms with Gasteiger partial charge in [0.1, 0.15) is 0 Å². The van der Waals surface area contributed by atoms with Crippen molar-refractivity contribution in [1.29, 1.82) is 0 Å². The van der Waals surface area contributed by atoms with Gasteiger partial charge in [-0.15, -0.1) is 12.4 Å². The van der Waals surface area contributed by atoms with Gasteiger partial charge in [0.25, 0.3) is 0 Å². The van der Waals surface area contributed by atoms with Gasteiger partial charge in [-0.05, 0) is 31.5 Å². The molecule has 1 aliphatic rings. The Labute approximate surface area is 131 Å². The lowest BCUT2D eigenvalue weighted by atomic mass is 10.2. The second kappa shape index (κ2) is 7.11. The number of amides is 1. The molecule has 1 saturated heterocycles. The molecule has 0 radical (unpaired) electrons. The average molecular weight is 334 g/mol. The molecule has 1 amide bonds. The van der Waals surface area contributed by atoms with Crippen molar-refractivity contribution in [1.82, 2.24) is 0 Å². The summed E-state index contributed by atoms with van der Waals surface area (Å²) < 4.78 is 25.1. The van der Waals surface area contributed by atoms with Gasteiger partial charge in [0.2, 0.25) is 15.9 Å². The molecule has 3 N–H and O–H groups in total. The number of hydrogen-bond donors (Lipinski definition) is 2. The highest BCUT2D eigenvalue weighted by molar-refractivity contribution is 7.93. The molecule has 0 aromatic heterocycles. The maximum Gasteiger partial charge on any atom is 0.235 e. The number of hydrogen-bond acceptors (Lipinski definition) is 4. The number of nitrogens with one attached hydrogen (secondary N) is 1. The molecule has 0 bridgehead atoms. The second-order valence-electron chi connectivity index (χ2n) is 5.02. The summed E-state index contributed by atoms with van der Waals surface area (Å²) in [4.78, 5) is 11.7. The summed E-state index contributed by atoms with van der Waals surface area (Å²) in [6.07, 6.45) is 0.857. The zero-order valence-electron chi connectivity index (χ0n) is 11.8. The van der Waals surface area contributed by atoms with E-state index in [0.717, 1.165) is 0 Å². The van der Waals surface area contributed by atoms with Crippen LogP contribution in [0.2, 0.25) is 0 Å². The van der Waals surface area contributed by atoms with Gasteiger partial charge in [-0.2, -0.15) is 0 Å². The summed E-state index contributed by atoms with van der Waals surface area (Å²) in [5.74, 6) is -0.00436. The molecule has 2 rings (SSSR count). The number of nitrogens with two attached hydrogens (primary N) is 1. The molecular formula is C13H20ClN3O3S. The third kappa shape index (κ3) is 4.59. The van der Waals surface area contributed by atoms with Crippen LogP contribution in [0.15, 0.2) is 24.3 Å². The Balaban J connectivity index is 0.00000220. The van der Waals surface area contributed by atoms with Crippen LogP contribution in [-0.4, -0.2) is 32.7 Å². The largest absolute Gasteiger partial charge is 0.327 e. The first-order valence-corrected chi connectivity index (χ1v) is 8.15. The molecule has 1 aromatic carbocycles. The fraction of sp³-hybridized carbons (Fsp3) is 0.462. The molecule has 1 aliphatic heterocycles. The smallest absolute Gasteiger partial charge is 0.235 e. The number of carbonyl (C=O) groups is 1. The minimum Gasteiger partial charge on any atom is -0.327 e. The first-order chi connectivity index (χ1) is 9.38. The first-order valence-electron chi connectivity index (χ1n) is 6.54. The van der Waals surface area contributed by atoms with E-state index in [2.05, 4.69) is 5.32 Å². The number of rotatable bonds is 4. The van der Waals surface area contributed by atoms with E-state index in [4.69, 9.17) is 5.73 Å². The molecule has 0 saturated carbocycles. The molecule has 1 aromatic rings. The summed E-state index contributed by atoms with van der Waals surface area (Å²) >= 11 is 0. The minimum absolute atomic E-state index is 0.